The number of rotatable bonds is 3. The molecule has 6 heteroatoms. The minimum atomic E-state index is -1.22. The molecule has 0 radical (unpaired) electrons. The molecule has 2 saturated heterocycles. The first kappa shape index (κ1) is 16.6. The van der Waals surface area contributed by atoms with Crippen LogP contribution in [0.2, 0.25) is 0 Å². The fourth-order valence-corrected chi connectivity index (χ4v) is 3.97. The van der Waals surface area contributed by atoms with Crippen LogP contribution >= 0.6 is 0 Å². The average molecular weight is 330 g/mol. The Morgan fingerprint density at radius 1 is 1.25 bits per heavy atom. The molecule has 0 aromatic heterocycles. The number of ether oxygens (including phenoxy) is 1. The second kappa shape index (κ2) is 5.70. The molecule has 2 amide bonds. The summed E-state index contributed by atoms with van der Waals surface area (Å²) in [6.07, 6.45) is 0. The van der Waals surface area contributed by atoms with Gasteiger partial charge in [-0.25, -0.2) is 0 Å². The summed E-state index contributed by atoms with van der Waals surface area (Å²) in [5, 5.41) is 3.22. The van der Waals surface area contributed by atoms with Crippen molar-refractivity contribution in [1.29, 1.82) is 0 Å². The number of aryl methyl sites for hydroxylation is 1. The molecule has 2 fully saturated rings. The second-order valence-electron chi connectivity index (χ2n) is 6.65. The molecule has 4 atom stereocenters. The third-order valence-electron chi connectivity index (χ3n) is 5.24. The average Bonchev–Trinajstić information content (AvgIpc) is 3.02. The number of amides is 2. The van der Waals surface area contributed by atoms with Gasteiger partial charge in [-0.05, 0) is 26.3 Å². The highest BCUT2D eigenvalue weighted by Gasteiger charge is 2.66. The fourth-order valence-electron chi connectivity index (χ4n) is 3.97. The molecule has 2 heterocycles. The maximum Gasteiger partial charge on any atom is 0.326 e. The van der Waals surface area contributed by atoms with Crippen LogP contribution in [0.15, 0.2) is 24.3 Å². The van der Waals surface area contributed by atoms with E-state index in [0.717, 1.165) is 11.1 Å². The van der Waals surface area contributed by atoms with Crippen molar-refractivity contribution in [3.63, 3.8) is 0 Å². The zero-order valence-corrected chi connectivity index (χ0v) is 14.3. The topological polar surface area (TPSA) is 75.7 Å². The Morgan fingerprint density at radius 3 is 2.42 bits per heavy atom. The third kappa shape index (κ3) is 2.17. The van der Waals surface area contributed by atoms with Crippen molar-refractivity contribution < 1.29 is 19.1 Å². The van der Waals surface area contributed by atoms with Crippen LogP contribution in [-0.2, 0) is 19.1 Å². The van der Waals surface area contributed by atoms with Gasteiger partial charge in [0.1, 0.15) is 5.54 Å². The second-order valence-corrected chi connectivity index (χ2v) is 6.65. The first-order chi connectivity index (χ1) is 11.3. The van der Waals surface area contributed by atoms with Gasteiger partial charge in [0.15, 0.2) is 0 Å². The maximum absolute atomic E-state index is 12.8. The lowest BCUT2D eigenvalue weighted by molar-refractivity contribution is -0.153. The molecule has 128 valence electrons. The van der Waals surface area contributed by atoms with Gasteiger partial charge in [-0.3, -0.25) is 24.6 Å². The van der Waals surface area contributed by atoms with E-state index < -0.39 is 29.4 Å². The van der Waals surface area contributed by atoms with E-state index in [0.29, 0.717) is 6.54 Å². The molecule has 2 aliphatic rings. The highest BCUT2D eigenvalue weighted by molar-refractivity contribution is 6.09. The van der Waals surface area contributed by atoms with Crippen molar-refractivity contribution in [2.45, 2.75) is 32.4 Å². The first-order valence-electron chi connectivity index (χ1n) is 8.13. The highest BCUT2D eigenvalue weighted by Crippen LogP contribution is 2.48. The summed E-state index contributed by atoms with van der Waals surface area (Å²) in [7, 11) is 1.29. The van der Waals surface area contributed by atoms with Gasteiger partial charge in [-0.1, -0.05) is 29.8 Å². The van der Waals surface area contributed by atoms with Gasteiger partial charge in [-0.2, -0.15) is 0 Å². The number of nitrogens with one attached hydrogen (secondary N) is 1. The summed E-state index contributed by atoms with van der Waals surface area (Å²) in [4.78, 5) is 39.2. The number of carbonyl (C=O) groups excluding carboxylic acids is 3. The molecule has 0 spiro atoms. The fraction of sp³-hybridized carbons (Fsp3) is 0.500. The van der Waals surface area contributed by atoms with E-state index in [1.54, 1.807) is 13.8 Å². The Morgan fingerprint density at radius 2 is 1.88 bits per heavy atom. The molecular formula is C18H22N2O4. The summed E-state index contributed by atoms with van der Waals surface area (Å²) in [6.45, 7) is 5.70. The Kier molecular flexibility index (Phi) is 3.95. The molecule has 0 aliphatic carbocycles. The number of likely N-dealkylation sites (tertiary alicyclic amines) is 1. The Hall–Kier alpha value is -2.21. The van der Waals surface area contributed by atoms with E-state index >= 15 is 0 Å². The predicted molar refractivity (Wildman–Crippen MR) is 86.9 cm³/mol. The standard InChI is InChI=1S/C18H22N2O4/c1-5-20-15(21)12-13(16(20)22)18(3,17(23)24-4)19-14(12)11-8-6-10(2)7-9-11/h6-9,12-14,19H,5H2,1-4H3/t12-,13+,14-,18+/m0/s1. The quantitative estimate of drug-likeness (QED) is 0.665. The molecule has 2 aliphatic heterocycles. The summed E-state index contributed by atoms with van der Waals surface area (Å²) in [5.74, 6) is -2.39. The Labute approximate surface area is 141 Å². The van der Waals surface area contributed by atoms with Crippen molar-refractivity contribution in [3.05, 3.63) is 35.4 Å². The lowest BCUT2D eigenvalue weighted by Gasteiger charge is -2.28. The van der Waals surface area contributed by atoms with E-state index in [2.05, 4.69) is 5.32 Å². The van der Waals surface area contributed by atoms with Crippen LogP contribution in [0.25, 0.3) is 0 Å². The van der Waals surface area contributed by atoms with Crippen molar-refractivity contribution in [2.24, 2.45) is 11.8 Å². The van der Waals surface area contributed by atoms with Crippen LogP contribution in [-0.4, -0.2) is 41.9 Å². The lowest BCUT2D eigenvalue weighted by atomic mass is 9.80. The van der Waals surface area contributed by atoms with Crippen LogP contribution in [0, 0.1) is 18.8 Å². The van der Waals surface area contributed by atoms with Gasteiger partial charge in [0.2, 0.25) is 11.8 Å². The molecule has 6 nitrogen and oxygen atoms in total. The summed E-state index contributed by atoms with van der Waals surface area (Å²) in [6, 6.07) is 7.38. The minimum absolute atomic E-state index is 0.224. The number of methoxy groups -OCH3 is 1. The van der Waals surface area contributed by atoms with Gasteiger partial charge in [-0.15, -0.1) is 0 Å². The van der Waals surface area contributed by atoms with E-state index in [1.807, 2.05) is 31.2 Å². The molecular weight excluding hydrogens is 308 g/mol. The van der Waals surface area contributed by atoms with Gasteiger partial charge >= 0.3 is 5.97 Å². The normalized spacial score (nSPS) is 32.2. The van der Waals surface area contributed by atoms with Gasteiger partial charge < -0.3 is 4.74 Å². The largest absolute Gasteiger partial charge is 0.468 e. The number of nitrogens with zero attached hydrogens (tertiary/aromatic N) is 1. The van der Waals surface area contributed by atoms with Gasteiger partial charge in [0.05, 0.1) is 18.9 Å². The van der Waals surface area contributed by atoms with E-state index in [1.165, 1.54) is 12.0 Å². The zero-order chi connectivity index (χ0) is 17.6. The number of imide groups is 1. The van der Waals surface area contributed by atoms with Crippen molar-refractivity contribution in [3.8, 4) is 0 Å². The molecule has 1 N–H and O–H groups in total. The van der Waals surface area contributed by atoms with Crippen LogP contribution in [0.1, 0.15) is 31.0 Å². The summed E-state index contributed by atoms with van der Waals surface area (Å²) in [5.41, 5.74) is 0.779. The number of hydrogen-bond acceptors (Lipinski definition) is 5. The van der Waals surface area contributed by atoms with Crippen LogP contribution in [0.3, 0.4) is 0 Å². The SMILES string of the molecule is CCN1C(=O)[C@@H]2[C@H](c3ccc(C)cc3)N[C@@](C)(C(=O)OC)[C@H]2C1=O. The minimum Gasteiger partial charge on any atom is -0.468 e. The Balaban J connectivity index is 2.09. The predicted octanol–water partition coefficient (Wildman–Crippen LogP) is 1.19. The molecule has 0 unspecified atom stereocenters. The number of hydrogen-bond donors (Lipinski definition) is 1. The van der Waals surface area contributed by atoms with E-state index in [-0.39, 0.29) is 11.8 Å². The number of carbonyl (C=O) groups is 3. The molecule has 0 bridgehead atoms. The highest BCUT2D eigenvalue weighted by atomic mass is 16.5. The monoisotopic (exact) mass is 330 g/mol. The van der Waals surface area contributed by atoms with Gasteiger partial charge in [0.25, 0.3) is 0 Å². The van der Waals surface area contributed by atoms with Crippen LogP contribution in [0.5, 0.6) is 0 Å². The molecule has 3 rings (SSSR count). The number of benzene rings is 1. The smallest absolute Gasteiger partial charge is 0.326 e. The lowest BCUT2D eigenvalue weighted by Crippen LogP contribution is -2.53. The van der Waals surface area contributed by atoms with Crippen LogP contribution in [0.4, 0.5) is 0 Å². The van der Waals surface area contributed by atoms with E-state index in [9.17, 15) is 14.4 Å². The van der Waals surface area contributed by atoms with Crippen molar-refractivity contribution in [2.75, 3.05) is 13.7 Å². The summed E-state index contributed by atoms with van der Waals surface area (Å²) < 4.78 is 4.92. The molecule has 24 heavy (non-hydrogen) atoms. The molecule has 1 aromatic carbocycles. The number of fused-ring (bicyclic) bond motifs is 1. The van der Waals surface area contributed by atoms with Crippen LogP contribution < -0.4 is 5.32 Å². The third-order valence-corrected chi connectivity index (χ3v) is 5.24. The maximum atomic E-state index is 12.8. The van der Waals surface area contributed by atoms with E-state index in [4.69, 9.17) is 4.74 Å². The first-order valence-corrected chi connectivity index (χ1v) is 8.13. The van der Waals surface area contributed by atoms with Gasteiger partial charge in [0, 0.05) is 12.6 Å². The molecule has 1 aromatic rings. The number of esters is 1. The van der Waals surface area contributed by atoms with Crippen molar-refractivity contribution in [1.82, 2.24) is 10.2 Å². The Bertz CT molecular complexity index is 699. The van der Waals surface area contributed by atoms with Crippen molar-refractivity contribution >= 4 is 17.8 Å². The summed E-state index contributed by atoms with van der Waals surface area (Å²) >= 11 is 0. The zero-order valence-electron chi connectivity index (χ0n) is 14.3. The molecule has 0 saturated carbocycles.